The topological polar surface area (TPSA) is 102 Å². The van der Waals surface area contributed by atoms with Crippen molar-refractivity contribution in [1.29, 1.82) is 0 Å². The lowest BCUT2D eigenvalue weighted by atomic mass is 10.2. The molecule has 2 N–H and O–H groups in total. The zero-order valence-corrected chi connectivity index (χ0v) is 14.1. The lowest BCUT2D eigenvalue weighted by Crippen LogP contribution is -2.04. The predicted molar refractivity (Wildman–Crippen MR) is 86.2 cm³/mol. The summed E-state index contributed by atoms with van der Waals surface area (Å²) in [4.78, 5) is 21.2. The number of halogens is 4. The van der Waals surface area contributed by atoms with E-state index >= 15 is 0 Å². The molecule has 0 fully saturated rings. The van der Waals surface area contributed by atoms with Crippen LogP contribution in [0.4, 0.5) is 17.6 Å². The summed E-state index contributed by atoms with van der Waals surface area (Å²) in [5, 5.41) is 18.3. The van der Waals surface area contributed by atoms with Crippen LogP contribution in [0.25, 0.3) is 0 Å². The lowest BCUT2D eigenvalue weighted by molar-refractivity contribution is -0.0518. The smallest absolute Gasteiger partial charge is 0.387 e. The van der Waals surface area contributed by atoms with E-state index in [4.69, 9.17) is 5.11 Å². The summed E-state index contributed by atoms with van der Waals surface area (Å²) in [6.45, 7) is -6.02. The van der Waals surface area contributed by atoms with Crippen molar-refractivity contribution in [3.05, 3.63) is 47.5 Å². The third-order valence-corrected chi connectivity index (χ3v) is 2.93. The standard InChI is InChI=1S/C9H8F2O4.C8H6F2O3/c1-14-8(13)5-2-3-7(6(12)4-5)15-9(10)11;9-8(10)13-7-2-1-5(4-11)3-6(7)12/h2-4,9,12H,1H3;1-4,8,12H. The molecule has 2 aromatic carbocycles. The van der Waals surface area contributed by atoms with Crippen molar-refractivity contribution in [3.8, 4) is 23.0 Å². The first-order chi connectivity index (χ1) is 13.2. The largest absolute Gasteiger partial charge is 0.504 e. The Morgan fingerprint density at radius 2 is 1.43 bits per heavy atom. The number of esters is 1. The maximum absolute atomic E-state index is 11.8. The number of phenolic OH excluding ortho intramolecular Hbond substituents is 2. The van der Waals surface area contributed by atoms with Crippen LogP contribution in [0, 0.1) is 0 Å². The number of hydrogen-bond acceptors (Lipinski definition) is 7. The molecule has 0 heterocycles. The summed E-state index contributed by atoms with van der Waals surface area (Å²) in [5.41, 5.74) is 0.246. The molecule has 0 unspecified atom stereocenters. The molecule has 0 bridgehead atoms. The SMILES string of the molecule is COC(=O)c1ccc(OC(F)F)c(O)c1.O=Cc1ccc(OC(F)F)c(O)c1. The van der Waals surface area contributed by atoms with Crippen LogP contribution in [0.15, 0.2) is 36.4 Å². The zero-order valence-electron chi connectivity index (χ0n) is 14.1. The van der Waals surface area contributed by atoms with Gasteiger partial charge in [-0.1, -0.05) is 0 Å². The van der Waals surface area contributed by atoms with E-state index in [0.29, 0.717) is 6.29 Å². The Morgan fingerprint density at radius 1 is 0.929 bits per heavy atom. The maximum Gasteiger partial charge on any atom is 0.387 e. The maximum atomic E-state index is 11.8. The molecule has 0 aliphatic rings. The molecule has 2 rings (SSSR count). The first-order valence-corrected chi connectivity index (χ1v) is 7.27. The number of aldehydes is 1. The van der Waals surface area contributed by atoms with E-state index in [9.17, 15) is 32.3 Å². The van der Waals surface area contributed by atoms with E-state index in [2.05, 4.69) is 14.2 Å². The predicted octanol–water partition coefficient (Wildman–Crippen LogP) is 3.59. The summed E-state index contributed by atoms with van der Waals surface area (Å²) < 4.78 is 59.3. The van der Waals surface area contributed by atoms with Crippen LogP contribution in [0.1, 0.15) is 20.7 Å². The molecule has 7 nitrogen and oxygen atoms in total. The molecule has 0 spiro atoms. The van der Waals surface area contributed by atoms with Gasteiger partial charge in [0.2, 0.25) is 0 Å². The van der Waals surface area contributed by atoms with Gasteiger partial charge in [-0.2, -0.15) is 17.6 Å². The molecule has 0 saturated carbocycles. The summed E-state index contributed by atoms with van der Waals surface area (Å²) in [5.74, 6) is -2.43. The highest BCUT2D eigenvalue weighted by atomic mass is 19.3. The lowest BCUT2D eigenvalue weighted by Gasteiger charge is -2.07. The highest BCUT2D eigenvalue weighted by Gasteiger charge is 2.13. The van der Waals surface area contributed by atoms with Crippen LogP contribution in [-0.2, 0) is 4.74 Å². The van der Waals surface area contributed by atoms with Gasteiger partial charge in [-0.25, -0.2) is 4.79 Å². The number of phenols is 2. The second-order valence-electron chi connectivity index (χ2n) is 4.78. The molecule has 0 saturated heterocycles. The number of carbonyl (C=O) groups excluding carboxylic acids is 2. The summed E-state index contributed by atoms with van der Waals surface area (Å²) in [6, 6.07) is 6.68. The van der Waals surface area contributed by atoms with Crippen LogP contribution in [0.3, 0.4) is 0 Å². The molecule has 0 aromatic heterocycles. The van der Waals surface area contributed by atoms with Crippen molar-refractivity contribution >= 4 is 12.3 Å². The second-order valence-corrected chi connectivity index (χ2v) is 4.78. The average molecular weight is 406 g/mol. The van der Waals surface area contributed by atoms with Crippen LogP contribution < -0.4 is 9.47 Å². The van der Waals surface area contributed by atoms with Crippen molar-refractivity contribution in [2.75, 3.05) is 7.11 Å². The quantitative estimate of drug-likeness (QED) is 0.429. The van der Waals surface area contributed by atoms with E-state index in [1.54, 1.807) is 0 Å². The Labute approximate surface area is 155 Å². The highest BCUT2D eigenvalue weighted by molar-refractivity contribution is 5.90. The van der Waals surface area contributed by atoms with Crippen molar-refractivity contribution in [2.45, 2.75) is 13.2 Å². The highest BCUT2D eigenvalue weighted by Crippen LogP contribution is 2.28. The van der Waals surface area contributed by atoms with Crippen LogP contribution in [-0.4, -0.2) is 42.8 Å². The van der Waals surface area contributed by atoms with Crippen molar-refractivity contribution < 1.29 is 51.6 Å². The number of methoxy groups -OCH3 is 1. The van der Waals surface area contributed by atoms with Gasteiger partial charge in [-0.3, -0.25) is 4.79 Å². The fraction of sp³-hybridized carbons (Fsp3) is 0.176. The molecule has 2 aromatic rings. The van der Waals surface area contributed by atoms with E-state index in [-0.39, 0.29) is 16.9 Å². The van der Waals surface area contributed by atoms with Crippen molar-refractivity contribution in [3.63, 3.8) is 0 Å². The minimum atomic E-state index is -3.03. The van der Waals surface area contributed by atoms with Gasteiger partial charge in [-0.05, 0) is 36.4 Å². The Kier molecular flexibility index (Phi) is 8.53. The van der Waals surface area contributed by atoms with Gasteiger partial charge >= 0.3 is 19.2 Å². The fourth-order valence-corrected chi connectivity index (χ4v) is 1.76. The van der Waals surface area contributed by atoms with E-state index < -0.39 is 36.4 Å². The monoisotopic (exact) mass is 406 g/mol. The molecule has 0 atom stereocenters. The van der Waals surface area contributed by atoms with Crippen LogP contribution >= 0.6 is 0 Å². The minimum Gasteiger partial charge on any atom is -0.504 e. The molecule has 0 amide bonds. The molecule has 11 heteroatoms. The Hall–Kier alpha value is -3.50. The van der Waals surface area contributed by atoms with Gasteiger partial charge in [0.15, 0.2) is 23.0 Å². The first kappa shape index (κ1) is 22.5. The average Bonchev–Trinajstić information content (AvgIpc) is 2.64. The van der Waals surface area contributed by atoms with E-state index in [1.165, 1.54) is 19.2 Å². The first-order valence-electron chi connectivity index (χ1n) is 7.27. The Morgan fingerprint density at radius 3 is 1.82 bits per heavy atom. The number of rotatable bonds is 6. The molecule has 0 aliphatic heterocycles. The van der Waals surface area contributed by atoms with E-state index in [0.717, 1.165) is 24.3 Å². The molecule has 0 radical (unpaired) electrons. The van der Waals surface area contributed by atoms with Crippen molar-refractivity contribution in [1.82, 2.24) is 0 Å². The van der Waals surface area contributed by atoms with Gasteiger partial charge < -0.3 is 24.4 Å². The molecule has 152 valence electrons. The molecule has 0 aliphatic carbocycles. The normalized spacial score (nSPS) is 10.1. The number of aromatic hydroxyl groups is 2. The minimum absolute atomic E-state index is 0.0524. The Bertz CT molecular complexity index is 812. The van der Waals surface area contributed by atoms with Crippen molar-refractivity contribution in [2.24, 2.45) is 0 Å². The van der Waals surface area contributed by atoms with Gasteiger partial charge in [0.25, 0.3) is 0 Å². The summed E-state index contributed by atoms with van der Waals surface area (Å²) in [7, 11) is 1.17. The number of alkyl halides is 4. The molecule has 28 heavy (non-hydrogen) atoms. The van der Waals surface area contributed by atoms with E-state index in [1.807, 2.05) is 0 Å². The molecular formula is C17H14F4O7. The number of carbonyl (C=O) groups is 2. The van der Waals surface area contributed by atoms with Gasteiger partial charge in [0.05, 0.1) is 12.7 Å². The van der Waals surface area contributed by atoms with Crippen LogP contribution in [0.2, 0.25) is 0 Å². The summed E-state index contributed by atoms with van der Waals surface area (Å²) in [6.07, 6.45) is 0.492. The summed E-state index contributed by atoms with van der Waals surface area (Å²) >= 11 is 0. The zero-order chi connectivity index (χ0) is 21.3. The van der Waals surface area contributed by atoms with Crippen LogP contribution in [0.5, 0.6) is 23.0 Å². The second kappa shape index (κ2) is 10.6. The number of ether oxygens (including phenoxy) is 3. The number of hydrogen-bond donors (Lipinski definition) is 2. The fourth-order valence-electron chi connectivity index (χ4n) is 1.76. The van der Waals surface area contributed by atoms with Gasteiger partial charge in [0.1, 0.15) is 6.29 Å². The van der Waals surface area contributed by atoms with Gasteiger partial charge in [0, 0.05) is 5.56 Å². The Balaban J connectivity index is 0.000000283. The van der Waals surface area contributed by atoms with Gasteiger partial charge in [-0.15, -0.1) is 0 Å². The number of benzene rings is 2. The third kappa shape index (κ3) is 7.02. The molecular weight excluding hydrogens is 392 g/mol. The third-order valence-electron chi connectivity index (χ3n) is 2.93.